The number of aliphatic imine (C=N–C) groups is 1. The van der Waals surface area contributed by atoms with Crippen molar-refractivity contribution < 1.29 is 9.18 Å². The molecular weight excluding hydrogens is 257 g/mol. The molecule has 1 unspecified atom stereocenters. The SMILES string of the molecule is CC(C)CN=C1NC(=O)C(C)(Cc2ccc(F)cc2)N1. The Kier molecular flexibility index (Phi) is 4.06. The van der Waals surface area contributed by atoms with Crippen LogP contribution in [0.5, 0.6) is 0 Å². The third-order valence-electron chi connectivity index (χ3n) is 3.21. The lowest BCUT2D eigenvalue weighted by atomic mass is 9.93. The van der Waals surface area contributed by atoms with Gasteiger partial charge in [0.25, 0.3) is 5.91 Å². The molecule has 1 amide bonds. The van der Waals surface area contributed by atoms with Crippen molar-refractivity contribution in [3.8, 4) is 0 Å². The van der Waals surface area contributed by atoms with Crippen LogP contribution in [0.25, 0.3) is 0 Å². The molecule has 20 heavy (non-hydrogen) atoms. The summed E-state index contributed by atoms with van der Waals surface area (Å²) >= 11 is 0. The molecule has 1 aliphatic rings. The number of hydrogen-bond donors (Lipinski definition) is 2. The Balaban J connectivity index is 2.08. The number of rotatable bonds is 4. The first-order valence-electron chi connectivity index (χ1n) is 6.77. The zero-order valence-electron chi connectivity index (χ0n) is 12.0. The van der Waals surface area contributed by atoms with E-state index in [1.54, 1.807) is 12.1 Å². The Bertz CT molecular complexity index is 524. The fourth-order valence-electron chi connectivity index (χ4n) is 2.08. The Labute approximate surface area is 118 Å². The highest BCUT2D eigenvalue weighted by Crippen LogP contribution is 2.17. The van der Waals surface area contributed by atoms with Gasteiger partial charge in [0, 0.05) is 13.0 Å². The van der Waals surface area contributed by atoms with Crippen LogP contribution in [-0.4, -0.2) is 24.0 Å². The quantitative estimate of drug-likeness (QED) is 0.882. The number of carbonyl (C=O) groups is 1. The van der Waals surface area contributed by atoms with Gasteiger partial charge in [0.1, 0.15) is 11.4 Å². The molecule has 0 saturated carbocycles. The van der Waals surface area contributed by atoms with Crippen LogP contribution in [0.3, 0.4) is 0 Å². The number of nitrogens with zero attached hydrogens (tertiary/aromatic N) is 1. The van der Waals surface area contributed by atoms with Gasteiger partial charge in [-0.3, -0.25) is 15.1 Å². The average Bonchev–Trinajstić information content (AvgIpc) is 2.65. The molecule has 1 fully saturated rings. The molecule has 1 heterocycles. The van der Waals surface area contributed by atoms with Crippen LogP contribution in [-0.2, 0) is 11.2 Å². The van der Waals surface area contributed by atoms with Gasteiger partial charge in [0.15, 0.2) is 5.96 Å². The molecule has 0 radical (unpaired) electrons. The van der Waals surface area contributed by atoms with Gasteiger partial charge < -0.3 is 5.32 Å². The average molecular weight is 277 g/mol. The molecule has 2 rings (SSSR count). The summed E-state index contributed by atoms with van der Waals surface area (Å²) in [6.45, 7) is 6.62. The molecule has 2 N–H and O–H groups in total. The van der Waals surface area contributed by atoms with Crippen molar-refractivity contribution >= 4 is 11.9 Å². The van der Waals surface area contributed by atoms with Crippen LogP contribution in [0.1, 0.15) is 26.3 Å². The van der Waals surface area contributed by atoms with E-state index in [0.29, 0.717) is 24.8 Å². The van der Waals surface area contributed by atoms with E-state index in [1.807, 2.05) is 6.92 Å². The summed E-state index contributed by atoms with van der Waals surface area (Å²) in [6.07, 6.45) is 0.486. The molecule has 1 aromatic carbocycles. The van der Waals surface area contributed by atoms with Crippen LogP contribution in [0.4, 0.5) is 4.39 Å². The predicted molar refractivity (Wildman–Crippen MR) is 76.9 cm³/mol. The second-order valence-corrected chi connectivity index (χ2v) is 5.80. The molecule has 4 nitrogen and oxygen atoms in total. The molecule has 1 aromatic rings. The highest BCUT2D eigenvalue weighted by Gasteiger charge is 2.40. The highest BCUT2D eigenvalue weighted by molar-refractivity contribution is 6.08. The number of halogens is 1. The number of nitrogens with one attached hydrogen (secondary N) is 2. The summed E-state index contributed by atoms with van der Waals surface area (Å²) in [5.74, 6) is 0.574. The van der Waals surface area contributed by atoms with Crippen molar-refractivity contribution in [2.45, 2.75) is 32.7 Å². The maximum Gasteiger partial charge on any atom is 0.252 e. The molecule has 0 aromatic heterocycles. The van der Waals surface area contributed by atoms with E-state index < -0.39 is 5.54 Å². The fourth-order valence-corrected chi connectivity index (χ4v) is 2.08. The fraction of sp³-hybridized carbons (Fsp3) is 0.467. The van der Waals surface area contributed by atoms with Crippen LogP contribution in [0.15, 0.2) is 29.3 Å². The normalized spacial score (nSPS) is 24.1. The van der Waals surface area contributed by atoms with E-state index in [4.69, 9.17) is 0 Å². The van der Waals surface area contributed by atoms with Crippen molar-refractivity contribution in [1.82, 2.24) is 10.6 Å². The van der Waals surface area contributed by atoms with E-state index in [0.717, 1.165) is 5.56 Å². The summed E-state index contributed by atoms with van der Waals surface area (Å²) < 4.78 is 12.9. The summed E-state index contributed by atoms with van der Waals surface area (Å²) in [4.78, 5) is 16.4. The van der Waals surface area contributed by atoms with Crippen molar-refractivity contribution in [2.75, 3.05) is 6.54 Å². The number of hydrogen-bond acceptors (Lipinski definition) is 2. The maximum absolute atomic E-state index is 12.9. The summed E-state index contributed by atoms with van der Waals surface area (Å²) in [5, 5.41) is 5.89. The minimum Gasteiger partial charge on any atom is -0.342 e. The molecular formula is C15H20FN3O. The van der Waals surface area contributed by atoms with Gasteiger partial charge in [-0.15, -0.1) is 0 Å². The molecule has 0 aliphatic carbocycles. The summed E-state index contributed by atoms with van der Waals surface area (Å²) in [6, 6.07) is 6.19. The zero-order chi connectivity index (χ0) is 14.8. The molecule has 1 aliphatic heterocycles. The Morgan fingerprint density at radius 3 is 2.55 bits per heavy atom. The summed E-state index contributed by atoms with van der Waals surface area (Å²) in [7, 11) is 0. The standard InChI is InChI=1S/C15H20FN3O/c1-10(2)9-17-14-18-13(20)15(3,19-14)8-11-4-6-12(16)7-5-11/h4-7,10H,8-9H2,1-3H3,(H2,17,18,19,20). The first-order chi connectivity index (χ1) is 9.39. The van der Waals surface area contributed by atoms with Gasteiger partial charge in [-0.2, -0.15) is 0 Å². The van der Waals surface area contributed by atoms with Crippen molar-refractivity contribution in [2.24, 2.45) is 10.9 Å². The molecule has 1 saturated heterocycles. The molecule has 1 atom stereocenters. The van der Waals surface area contributed by atoms with Crippen molar-refractivity contribution in [3.05, 3.63) is 35.6 Å². The predicted octanol–water partition coefficient (Wildman–Crippen LogP) is 1.86. The van der Waals surface area contributed by atoms with E-state index in [9.17, 15) is 9.18 Å². The largest absolute Gasteiger partial charge is 0.342 e. The maximum atomic E-state index is 12.9. The Hall–Kier alpha value is -1.91. The van der Waals surface area contributed by atoms with Gasteiger partial charge in [0.05, 0.1) is 0 Å². The molecule has 0 spiro atoms. The molecule has 5 heteroatoms. The van der Waals surface area contributed by atoms with Gasteiger partial charge in [0.2, 0.25) is 0 Å². The lowest BCUT2D eigenvalue weighted by Gasteiger charge is -2.21. The minimum atomic E-state index is -0.742. The van der Waals surface area contributed by atoms with Gasteiger partial charge in [-0.05, 0) is 30.5 Å². The highest BCUT2D eigenvalue weighted by atomic mass is 19.1. The van der Waals surface area contributed by atoms with Gasteiger partial charge >= 0.3 is 0 Å². The molecule has 0 bridgehead atoms. The van der Waals surface area contributed by atoms with Crippen LogP contribution in [0, 0.1) is 11.7 Å². The first kappa shape index (κ1) is 14.5. The lowest BCUT2D eigenvalue weighted by Crippen LogP contribution is -2.45. The zero-order valence-corrected chi connectivity index (χ0v) is 12.0. The third-order valence-corrected chi connectivity index (χ3v) is 3.21. The lowest BCUT2D eigenvalue weighted by molar-refractivity contribution is -0.123. The first-order valence-corrected chi connectivity index (χ1v) is 6.77. The number of guanidine groups is 1. The van der Waals surface area contributed by atoms with Crippen LogP contribution in [0.2, 0.25) is 0 Å². The van der Waals surface area contributed by atoms with Gasteiger partial charge in [-0.1, -0.05) is 26.0 Å². The van der Waals surface area contributed by atoms with Crippen molar-refractivity contribution in [1.29, 1.82) is 0 Å². The van der Waals surface area contributed by atoms with Crippen LogP contribution >= 0.6 is 0 Å². The van der Waals surface area contributed by atoms with E-state index in [2.05, 4.69) is 29.5 Å². The van der Waals surface area contributed by atoms with E-state index in [-0.39, 0.29) is 11.7 Å². The van der Waals surface area contributed by atoms with E-state index in [1.165, 1.54) is 12.1 Å². The summed E-state index contributed by atoms with van der Waals surface area (Å²) in [5.41, 5.74) is 0.162. The number of amides is 1. The van der Waals surface area contributed by atoms with E-state index >= 15 is 0 Å². The van der Waals surface area contributed by atoms with Crippen LogP contribution < -0.4 is 10.6 Å². The minimum absolute atomic E-state index is 0.107. The Morgan fingerprint density at radius 1 is 1.30 bits per heavy atom. The smallest absolute Gasteiger partial charge is 0.252 e. The number of benzene rings is 1. The Morgan fingerprint density at radius 2 is 1.95 bits per heavy atom. The molecule has 108 valence electrons. The topological polar surface area (TPSA) is 53.5 Å². The second kappa shape index (κ2) is 5.61. The monoisotopic (exact) mass is 277 g/mol. The van der Waals surface area contributed by atoms with Crippen molar-refractivity contribution in [3.63, 3.8) is 0 Å². The third kappa shape index (κ3) is 3.35. The number of carbonyl (C=O) groups excluding carboxylic acids is 1. The second-order valence-electron chi connectivity index (χ2n) is 5.80. The van der Waals surface area contributed by atoms with Gasteiger partial charge in [-0.25, -0.2) is 4.39 Å².